The fraction of sp³-hybridized carbons (Fsp3) is 0.389. The molecule has 1 atom stereocenters. The van der Waals surface area contributed by atoms with E-state index < -0.39 is 17.1 Å². The fourth-order valence-corrected chi connectivity index (χ4v) is 2.95. The Balaban J connectivity index is 2.21. The van der Waals surface area contributed by atoms with Gasteiger partial charge in [0.2, 0.25) is 0 Å². The quantitative estimate of drug-likeness (QED) is 0.546. The van der Waals surface area contributed by atoms with Gasteiger partial charge in [-0.3, -0.25) is 19.3 Å². The van der Waals surface area contributed by atoms with Gasteiger partial charge in [-0.15, -0.1) is 0 Å². The van der Waals surface area contributed by atoms with E-state index in [2.05, 4.69) is 0 Å². The lowest BCUT2D eigenvalue weighted by atomic mass is 10.1. The minimum atomic E-state index is -0.605. The molecular weight excluding hydrogens is 342 g/mol. The van der Waals surface area contributed by atoms with Crippen LogP contribution in [0.3, 0.4) is 0 Å². The van der Waals surface area contributed by atoms with E-state index >= 15 is 0 Å². The Hall–Kier alpha value is -2.28. The van der Waals surface area contributed by atoms with Gasteiger partial charge in [0.1, 0.15) is 12.3 Å². The number of hydrogen-bond donors (Lipinski definition) is 0. The average Bonchev–Trinajstić information content (AvgIpc) is 2.84. The molecular formula is C18H21NO5S. The zero-order chi connectivity index (χ0) is 18.4. The third kappa shape index (κ3) is 4.85. The second kappa shape index (κ2) is 8.71. The molecule has 0 aromatic heterocycles. The third-order valence-electron chi connectivity index (χ3n) is 3.57. The van der Waals surface area contributed by atoms with Gasteiger partial charge in [0.05, 0.1) is 17.6 Å². The van der Waals surface area contributed by atoms with Crippen molar-refractivity contribution in [2.45, 2.75) is 33.3 Å². The lowest BCUT2D eigenvalue weighted by Gasteiger charge is -2.14. The molecule has 1 aliphatic rings. The molecule has 0 saturated carbocycles. The number of nitrogens with zero attached hydrogens (tertiary/aromatic N) is 1. The molecule has 2 rings (SSSR count). The molecule has 6 nitrogen and oxygen atoms in total. The first kappa shape index (κ1) is 19.1. The van der Waals surface area contributed by atoms with Crippen molar-refractivity contribution in [2.24, 2.45) is 0 Å². The first-order chi connectivity index (χ1) is 12.0. The monoisotopic (exact) mass is 363 g/mol. The maximum absolute atomic E-state index is 12.4. The summed E-state index contributed by atoms with van der Waals surface area (Å²) in [7, 11) is 0. The molecule has 134 valence electrons. The van der Waals surface area contributed by atoms with Gasteiger partial charge in [-0.25, -0.2) is 0 Å². The molecule has 25 heavy (non-hydrogen) atoms. The van der Waals surface area contributed by atoms with Crippen LogP contribution in [-0.4, -0.2) is 41.3 Å². The number of amides is 2. The number of benzene rings is 1. The SMILES string of the molecule is CCOC(=O)CN1C(=O)S/C(=C\c2ccccc2OC(C)CC)C1=O. The van der Waals surface area contributed by atoms with Crippen LogP contribution in [0, 0.1) is 0 Å². The second-order valence-corrected chi connectivity index (χ2v) is 6.44. The molecule has 0 bridgehead atoms. The Bertz CT molecular complexity index is 700. The van der Waals surface area contributed by atoms with Crippen molar-refractivity contribution in [1.29, 1.82) is 0 Å². The molecule has 1 fully saturated rings. The van der Waals surface area contributed by atoms with Crippen molar-refractivity contribution in [2.75, 3.05) is 13.2 Å². The molecule has 1 saturated heterocycles. The number of hydrogen-bond acceptors (Lipinski definition) is 6. The summed E-state index contributed by atoms with van der Waals surface area (Å²) >= 11 is 0.805. The third-order valence-corrected chi connectivity index (χ3v) is 4.48. The number of ether oxygens (including phenoxy) is 2. The number of imide groups is 1. The highest BCUT2D eigenvalue weighted by Crippen LogP contribution is 2.34. The smallest absolute Gasteiger partial charge is 0.326 e. The molecule has 1 aromatic carbocycles. The van der Waals surface area contributed by atoms with Gasteiger partial charge < -0.3 is 9.47 Å². The lowest BCUT2D eigenvalue weighted by Crippen LogP contribution is -2.34. The van der Waals surface area contributed by atoms with E-state index in [-0.39, 0.29) is 24.2 Å². The number of carbonyl (C=O) groups is 3. The molecule has 0 aliphatic carbocycles. The zero-order valence-corrected chi connectivity index (χ0v) is 15.3. The summed E-state index contributed by atoms with van der Waals surface area (Å²) in [5.41, 5.74) is 0.712. The van der Waals surface area contributed by atoms with Crippen LogP contribution in [0.25, 0.3) is 6.08 Å². The Kier molecular flexibility index (Phi) is 6.64. The summed E-state index contributed by atoms with van der Waals surface area (Å²) in [5, 5.41) is -0.482. The van der Waals surface area contributed by atoms with Crippen molar-refractivity contribution < 1.29 is 23.9 Å². The maximum Gasteiger partial charge on any atom is 0.326 e. The van der Waals surface area contributed by atoms with Crippen LogP contribution in [0.5, 0.6) is 5.75 Å². The van der Waals surface area contributed by atoms with E-state index in [1.54, 1.807) is 13.0 Å². The van der Waals surface area contributed by atoms with Crippen LogP contribution >= 0.6 is 11.8 Å². The summed E-state index contributed by atoms with van der Waals surface area (Å²) in [6.07, 6.45) is 2.51. The van der Waals surface area contributed by atoms with Crippen LogP contribution in [0.4, 0.5) is 4.79 Å². The van der Waals surface area contributed by atoms with Crippen molar-refractivity contribution >= 4 is 35.0 Å². The van der Waals surface area contributed by atoms with Gasteiger partial charge in [-0.1, -0.05) is 25.1 Å². The normalized spacial score (nSPS) is 17.1. The summed E-state index contributed by atoms with van der Waals surface area (Å²) in [6.45, 7) is 5.48. The minimum absolute atomic E-state index is 0.0356. The van der Waals surface area contributed by atoms with E-state index in [0.717, 1.165) is 23.1 Å². The summed E-state index contributed by atoms with van der Waals surface area (Å²) < 4.78 is 10.6. The molecule has 2 amide bonds. The van der Waals surface area contributed by atoms with Crippen LogP contribution in [-0.2, 0) is 14.3 Å². The van der Waals surface area contributed by atoms with E-state index in [1.165, 1.54) is 0 Å². The molecule has 1 aliphatic heterocycles. The van der Waals surface area contributed by atoms with E-state index in [1.807, 2.05) is 38.1 Å². The van der Waals surface area contributed by atoms with E-state index in [4.69, 9.17) is 9.47 Å². The summed E-state index contributed by atoms with van der Waals surface area (Å²) in [5.74, 6) is -0.456. The topological polar surface area (TPSA) is 72.9 Å². The average molecular weight is 363 g/mol. The van der Waals surface area contributed by atoms with E-state index in [0.29, 0.717) is 11.3 Å². The Morgan fingerprint density at radius 3 is 2.68 bits per heavy atom. The Morgan fingerprint density at radius 1 is 1.28 bits per heavy atom. The highest BCUT2D eigenvalue weighted by molar-refractivity contribution is 8.18. The van der Waals surface area contributed by atoms with Crippen LogP contribution < -0.4 is 4.74 Å². The zero-order valence-electron chi connectivity index (χ0n) is 14.5. The predicted octanol–water partition coefficient (Wildman–Crippen LogP) is 3.46. The number of carbonyl (C=O) groups excluding carboxylic acids is 3. The highest BCUT2D eigenvalue weighted by atomic mass is 32.2. The number of thioether (sulfide) groups is 1. The van der Waals surface area contributed by atoms with Crippen molar-refractivity contribution in [1.82, 2.24) is 4.90 Å². The number of rotatable bonds is 7. The summed E-state index contributed by atoms with van der Waals surface area (Å²) in [4.78, 5) is 37.1. The Labute approximate surface area is 151 Å². The van der Waals surface area contributed by atoms with Gasteiger partial charge >= 0.3 is 5.97 Å². The number of para-hydroxylation sites is 1. The maximum atomic E-state index is 12.4. The largest absolute Gasteiger partial charge is 0.490 e. The molecule has 0 spiro atoms. The van der Waals surface area contributed by atoms with E-state index in [9.17, 15) is 14.4 Å². The van der Waals surface area contributed by atoms with Crippen LogP contribution in [0.2, 0.25) is 0 Å². The van der Waals surface area contributed by atoms with Crippen molar-refractivity contribution in [3.05, 3.63) is 34.7 Å². The molecule has 0 radical (unpaired) electrons. The first-order valence-corrected chi connectivity index (χ1v) is 8.94. The van der Waals surface area contributed by atoms with Gasteiger partial charge in [0.15, 0.2) is 0 Å². The highest BCUT2D eigenvalue weighted by Gasteiger charge is 2.36. The van der Waals surface area contributed by atoms with Crippen LogP contribution in [0.1, 0.15) is 32.8 Å². The standard InChI is InChI=1S/C18H21NO5S/c1-4-12(3)24-14-9-7-6-8-13(14)10-15-17(21)19(18(22)25-15)11-16(20)23-5-2/h6-10,12H,4-5,11H2,1-3H3/b15-10-. The van der Waals surface area contributed by atoms with Gasteiger partial charge in [0.25, 0.3) is 11.1 Å². The van der Waals surface area contributed by atoms with Gasteiger partial charge in [0, 0.05) is 5.56 Å². The molecule has 1 aromatic rings. The second-order valence-electron chi connectivity index (χ2n) is 5.45. The summed E-state index contributed by atoms with van der Waals surface area (Å²) in [6, 6.07) is 7.32. The van der Waals surface area contributed by atoms with Crippen LogP contribution in [0.15, 0.2) is 29.2 Å². The molecule has 1 heterocycles. The van der Waals surface area contributed by atoms with Crippen molar-refractivity contribution in [3.8, 4) is 5.75 Å². The first-order valence-electron chi connectivity index (χ1n) is 8.12. The lowest BCUT2D eigenvalue weighted by molar-refractivity contribution is -0.145. The molecule has 7 heteroatoms. The number of esters is 1. The minimum Gasteiger partial charge on any atom is -0.490 e. The fourth-order valence-electron chi connectivity index (χ4n) is 2.12. The molecule has 0 N–H and O–H groups in total. The Morgan fingerprint density at radius 2 is 2.00 bits per heavy atom. The molecule has 1 unspecified atom stereocenters. The van der Waals surface area contributed by atoms with Gasteiger partial charge in [-0.2, -0.15) is 0 Å². The van der Waals surface area contributed by atoms with Crippen molar-refractivity contribution in [3.63, 3.8) is 0 Å². The predicted molar refractivity (Wildman–Crippen MR) is 96.1 cm³/mol. The van der Waals surface area contributed by atoms with Gasteiger partial charge in [-0.05, 0) is 44.2 Å².